The van der Waals surface area contributed by atoms with Gasteiger partial charge in [-0.25, -0.2) is 4.39 Å². The van der Waals surface area contributed by atoms with Gasteiger partial charge in [0.05, 0.1) is 12.8 Å². The Kier molecular flexibility index (Phi) is 5.30. The number of hydrogen-bond acceptors (Lipinski definition) is 7. The molecule has 0 bridgehead atoms. The molecule has 0 fully saturated rings. The molecule has 4 aromatic rings. The van der Waals surface area contributed by atoms with Crippen LogP contribution in [0.25, 0.3) is 17.0 Å². The maximum absolute atomic E-state index is 13.2. The molecule has 148 valence electrons. The molecule has 0 aliphatic carbocycles. The third-order valence-corrected chi connectivity index (χ3v) is 5.40. The van der Waals surface area contributed by atoms with E-state index in [1.807, 2.05) is 32.0 Å². The number of aryl methyl sites for hydroxylation is 1. The Morgan fingerprint density at radius 3 is 2.69 bits per heavy atom. The lowest BCUT2D eigenvalue weighted by atomic mass is 10.1. The van der Waals surface area contributed by atoms with E-state index in [-0.39, 0.29) is 5.82 Å². The summed E-state index contributed by atoms with van der Waals surface area (Å²) >= 11 is 1.44. The number of thioether (sulfide) groups is 1. The fraction of sp³-hybridized carbons (Fsp3) is 0.200. The molecule has 0 N–H and O–H groups in total. The van der Waals surface area contributed by atoms with Gasteiger partial charge in [-0.2, -0.15) is 4.68 Å². The van der Waals surface area contributed by atoms with Crippen molar-refractivity contribution in [2.24, 2.45) is 0 Å². The molecule has 0 amide bonds. The van der Waals surface area contributed by atoms with E-state index in [1.54, 1.807) is 23.9 Å². The summed E-state index contributed by atoms with van der Waals surface area (Å²) in [4.78, 5) is 0. The summed E-state index contributed by atoms with van der Waals surface area (Å²) in [5.41, 5.74) is 4.30. The smallest absolute Gasteiger partial charge is 0.214 e. The molecule has 4 rings (SSSR count). The number of methoxy groups -OCH3 is 1. The number of hydrogen-bond donors (Lipinski definition) is 0. The van der Waals surface area contributed by atoms with Crippen LogP contribution in [0.4, 0.5) is 4.39 Å². The van der Waals surface area contributed by atoms with Crippen molar-refractivity contribution in [2.75, 3.05) is 7.11 Å². The molecule has 0 unspecified atom stereocenters. The van der Waals surface area contributed by atoms with Crippen molar-refractivity contribution in [2.45, 2.75) is 24.8 Å². The van der Waals surface area contributed by atoms with E-state index in [0.29, 0.717) is 22.4 Å². The van der Waals surface area contributed by atoms with Gasteiger partial charge in [0.1, 0.15) is 17.3 Å². The van der Waals surface area contributed by atoms with Crippen LogP contribution in [0.5, 0.6) is 5.75 Å². The number of benzene rings is 2. The van der Waals surface area contributed by atoms with E-state index in [2.05, 4.69) is 20.7 Å². The Morgan fingerprint density at radius 2 is 1.93 bits per heavy atom. The van der Waals surface area contributed by atoms with Crippen LogP contribution in [0.15, 0.2) is 52.1 Å². The maximum Gasteiger partial charge on any atom is 0.214 e. The highest BCUT2D eigenvalue weighted by Gasteiger charge is 2.18. The van der Waals surface area contributed by atoms with Crippen LogP contribution in [0.2, 0.25) is 0 Å². The first kappa shape index (κ1) is 19.1. The highest BCUT2D eigenvalue weighted by atomic mass is 32.2. The predicted octanol–water partition coefficient (Wildman–Crippen LogP) is 4.37. The van der Waals surface area contributed by atoms with Crippen LogP contribution in [0.3, 0.4) is 0 Å². The van der Waals surface area contributed by atoms with E-state index in [9.17, 15) is 4.39 Å². The van der Waals surface area contributed by atoms with Crippen molar-refractivity contribution in [3.63, 3.8) is 0 Å². The second-order valence-corrected chi connectivity index (χ2v) is 7.37. The predicted molar refractivity (Wildman–Crippen MR) is 107 cm³/mol. The average Bonchev–Trinajstić information content (AvgIpc) is 3.33. The molecule has 0 atom stereocenters. The van der Waals surface area contributed by atoms with Crippen LogP contribution in [0.1, 0.15) is 16.8 Å². The highest BCUT2D eigenvalue weighted by Crippen LogP contribution is 2.31. The average molecular weight is 411 g/mol. The first-order chi connectivity index (χ1) is 14.1. The number of tetrazole rings is 1. The van der Waals surface area contributed by atoms with Gasteiger partial charge in [-0.05, 0) is 66.2 Å². The second-order valence-electron chi connectivity index (χ2n) is 6.43. The lowest BCUT2D eigenvalue weighted by Crippen LogP contribution is -2.02. The van der Waals surface area contributed by atoms with Crippen molar-refractivity contribution in [1.29, 1.82) is 0 Å². The number of aromatic nitrogens is 5. The molecule has 0 radical (unpaired) electrons. The van der Waals surface area contributed by atoms with E-state index in [0.717, 1.165) is 28.1 Å². The van der Waals surface area contributed by atoms with Crippen LogP contribution >= 0.6 is 11.8 Å². The Labute approximate surface area is 170 Å². The van der Waals surface area contributed by atoms with Gasteiger partial charge in [0, 0.05) is 16.9 Å². The fourth-order valence-corrected chi connectivity index (χ4v) is 3.78. The Balaban J connectivity index is 1.57. The number of nitrogens with zero attached hydrogens (tertiary/aromatic N) is 5. The molecule has 0 aliphatic rings. The summed E-state index contributed by atoms with van der Waals surface area (Å²) in [5.74, 6) is 1.53. The topological polar surface area (TPSA) is 78.9 Å². The summed E-state index contributed by atoms with van der Waals surface area (Å²) in [5, 5.41) is 16.8. The van der Waals surface area contributed by atoms with Gasteiger partial charge in [0.2, 0.25) is 5.16 Å². The first-order valence-corrected chi connectivity index (χ1v) is 9.82. The zero-order valence-electron chi connectivity index (χ0n) is 16.1. The molecule has 0 spiro atoms. The molecule has 0 aliphatic heterocycles. The Morgan fingerprint density at radius 1 is 1.14 bits per heavy atom. The summed E-state index contributed by atoms with van der Waals surface area (Å²) < 4.78 is 25.7. The van der Waals surface area contributed by atoms with Gasteiger partial charge < -0.3 is 9.26 Å². The molecule has 2 aromatic carbocycles. The van der Waals surface area contributed by atoms with Crippen molar-refractivity contribution in [3.8, 4) is 22.8 Å². The zero-order valence-corrected chi connectivity index (χ0v) is 16.9. The SMILES string of the molecule is COc1ccc(C)cc1-n1nnnc1SCc1noc(-c2ccc(F)cc2)c1C. The Hall–Kier alpha value is -3.20. The van der Waals surface area contributed by atoms with Gasteiger partial charge in [-0.3, -0.25) is 0 Å². The van der Waals surface area contributed by atoms with Crippen LogP contribution in [-0.2, 0) is 5.75 Å². The van der Waals surface area contributed by atoms with Gasteiger partial charge in [0.25, 0.3) is 0 Å². The summed E-state index contributed by atoms with van der Waals surface area (Å²) in [6, 6.07) is 12.0. The molecule has 9 heteroatoms. The minimum Gasteiger partial charge on any atom is -0.494 e. The number of rotatable bonds is 6. The second kappa shape index (κ2) is 8.04. The lowest BCUT2D eigenvalue weighted by Gasteiger charge is -2.10. The minimum absolute atomic E-state index is 0.292. The van der Waals surface area contributed by atoms with Crippen LogP contribution < -0.4 is 4.74 Å². The van der Waals surface area contributed by atoms with E-state index in [4.69, 9.17) is 9.26 Å². The molecule has 2 aromatic heterocycles. The van der Waals surface area contributed by atoms with Gasteiger partial charge in [-0.1, -0.05) is 23.0 Å². The van der Waals surface area contributed by atoms with Crippen molar-refractivity contribution in [1.82, 2.24) is 25.4 Å². The first-order valence-electron chi connectivity index (χ1n) is 8.84. The molecule has 0 saturated heterocycles. The van der Waals surface area contributed by atoms with E-state index >= 15 is 0 Å². The molecule has 7 nitrogen and oxygen atoms in total. The lowest BCUT2D eigenvalue weighted by molar-refractivity contribution is 0.410. The summed E-state index contributed by atoms with van der Waals surface area (Å²) in [6.07, 6.45) is 0. The van der Waals surface area contributed by atoms with E-state index < -0.39 is 0 Å². The normalized spacial score (nSPS) is 11.0. The van der Waals surface area contributed by atoms with Crippen molar-refractivity contribution >= 4 is 11.8 Å². The van der Waals surface area contributed by atoms with Crippen LogP contribution in [0, 0.1) is 19.7 Å². The van der Waals surface area contributed by atoms with Gasteiger partial charge in [-0.15, -0.1) is 5.10 Å². The molecular weight excluding hydrogens is 393 g/mol. The third-order valence-electron chi connectivity index (χ3n) is 4.47. The fourth-order valence-electron chi connectivity index (χ4n) is 2.89. The summed E-state index contributed by atoms with van der Waals surface area (Å²) in [6.45, 7) is 3.92. The molecule has 2 heterocycles. The Bertz CT molecular complexity index is 1140. The largest absolute Gasteiger partial charge is 0.494 e. The van der Waals surface area contributed by atoms with E-state index in [1.165, 1.54) is 23.9 Å². The van der Waals surface area contributed by atoms with Crippen molar-refractivity contribution < 1.29 is 13.7 Å². The van der Waals surface area contributed by atoms with Crippen molar-refractivity contribution in [3.05, 3.63) is 65.1 Å². The number of ether oxygens (including phenoxy) is 1. The quantitative estimate of drug-likeness (QED) is 0.436. The highest BCUT2D eigenvalue weighted by molar-refractivity contribution is 7.98. The third kappa shape index (κ3) is 3.86. The minimum atomic E-state index is -0.292. The zero-order chi connectivity index (χ0) is 20.4. The standard InChI is InChI=1S/C20H18FN5O2S/c1-12-4-9-18(27-3)17(10-12)26-20(22-24-25-26)29-11-16-13(2)19(28-23-16)14-5-7-15(21)8-6-14/h4-10H,11H2,1-3H3. The number of halogens is 1. The van der Waals surface area contributed by atoms with Gasteiger partial charge >= 0.3 is 0 Å². The van der Waals surface area contributed by atoms with Crippen LogP contribution in [-0.4, -0.2) is 32.5 Å². The monoisotopic (exact) mass is 411 g/mol. The maximum atomic E-state index is 13.2. The molecule has 0 saturated carbocycles. The molecule has 29 heavy (non-hydrogen) atoms. The molecular formula is C20H18FN5O2S. The summed E-state index contributed by atoms with van der Waals surface area (Å²) in [7, 11) is 1.61. The van der Waals surface area contributed by atoms with Gasteiger partial charge in [0.15, 0.2) is 5.76 Å².